The topological polar surface area (TPSA) is 49.9 Å². The van der Waals surface area contributed by atoms with Gasteiger partial charge in [-0.15, -0.1) is 0 Å². The van der Waals surface area contributed by atoms with Crippen LogP contribution in [0.25, 0.3) is 0 Å². The number of fused-ring (bicyclic) bond motifs is 3. The molecule has 0 N–H and O–H groups in total. The number of nitrogens with zero attached hydrogens (tertiary/aromatic N) is 2. The van der Waals surface area contributed by atoms with Gasteiger partial charge in [-0.1, -0.05) is 0 Å². The third-order valence-corrected chi connectivity index (χ3v) is 8.04. The second-order valence-corrected chi connectivity index (χ2v) is 9.39. The first kappa shape index (κ1) is 16.3. The molecular weight excluding hydrogens is 371 g/mol. The molecule has 2 amide bonds. The van der Waals surface area contributed by atoms with Crippen LogP contribution < -0.4 is 4.46 Å². The van der Waals surface area contributed by atoms with Crippen LogP contribution in [-0.4, -0.2) is 61.5 Å². The minimum atomic E-state index is -0.614. The Kier molecular flexibility index (Phi) is 4.04. The van der Waals surface area contributed by atoms with Gasteiger partial charge in [0.15, 0.2) is 0 Å². The first-order valence-electron chi connectivity index (χ1n) is 8.48. The first-order valence-corrected chi connectivity index (χ1v) is 10.5. The normalized spacial score (nSPS) is 36.1. The summed E-state index contributed by atoms with van der Waals surface area (Å²) in [6.45, 7) is 2.10. The van der Waals surface area contributed by atoms with E-state index in [0.717, 1.165) is 24.6 Å². The second kappa shape index (κ2) is 5.95. The van der Waals surface area contributed by atoms with Crippen molar-refractivity contribution in [2.24, 2.45) is 5.92 Å². The van der Waals surface area contributed by atoms with Crippen molar-refractivity contribution in [1.29, 1.82) is 0 Å². The molecular formula is C18H22N2O3Se. The average molecular weight is 393 g/mol. The predicted octanol–water partition coefficient (Wildman–Crippen LogP) is 0.976. The number of rotatable bonds is 3. The van der Waals surface area contributed by atoms with Crippen molar-refractivity contribution in [3.63, 3.8) is 0 Å². The third kappa shape index (κ3) is 2.36. The van der Waals surface area contributed by atoms with Crippen molar-refractivity contribution >= 4 is 31.2 Å². The van der Waals surface area contributed by atoms with Gasteiger partial charge in [-0.25, -0.2) is 0 Å². The van der Waals surface area contributed by atoms with Crippen molar-refractivity contribution in [3.05, 3.63) is 30.3 Å². The number of carbonyl (C=O) groups is 2. The summed E-state index contributed by atoms with van der Waals surface area (Å²) in [5, 5.41) is 3.07. The van der Waals surface area contributed by atoms with E-state index in [4.69, 9.17) is 4.84 Å². The summed E-state index contributed by atoms with van der Waals surface area (Å²) in [7, 11) is 1.57. The molecule has 1 aromatic carbocycles. The van der Waals surface area contributed by atoms with E-state index in [0.29, 0.717) is 21.0 Å². The van der Waals surface area contributed by atoms with Crippen LogP contribution in [0.5, 0.6) is 0 Å². The number of likely N-dealkylation sites (N-methyl/N-ethyl adjacent to an activating group) is 1. The zero-order valence-electron chi connectivity index (χ0n) is 14.0. The number of imide groups is 1. The first-order chi connectivity index (χ1) is 11.5. The zero-order valence-corrected chi connectivity index (χ0v) is 15.7. The quantitative estimate of drug-likeness (QED) is 0.568. The molecule has 128 valence electrons. The van der Waals surface area contributed by atoms with Crippen molar-refractivity contribution in [3.8, 4) is 0 Å². The van der Waals surface area contributed by atoms with Crippen LogP contribution in [0.3, 0.4) is 0 Å². The van der Waals surface area contributed by atoms with Gasteiger partial charge in [0, 0.05) is 0 Å². The van der Waals surface area contributed by atoms with Crippen LogP contribution in [0.15, 0.2) is 30.3 Å². The van der Waals surface area contributed by atoms with Gasteiger partial charge >= 0.3 is 148 Å². The minimum absolute atomic E-state index is 0.0794. The molecule has 0 bridgehead atoms. The van der Waals surface area contributed by atoms with Crippen molar-refractivity contribution in [1.82, 2.24) is 9.96 Å². The van der Waals surface area contributed by atoms with Gasteiger partial charge in [-0.05, 0) is 0 Å². The Morgan fingerprint density at radius 3 is 2.75 bits per heavy atom. The van der Waals surface area contributed by atoms with E-state index in [2.05, 4.69) is 31.2 Å². The Morgan fingerprint density at radius 1 is 1.25 bits per heavy atom. The molecule has 4 atom stereocenters. The molecule has 6 heteroatoms. The van der Waals surface area contributed by atoms with Crippen LogP contribution in [0.2, 0.25) is 5.32 Å². The third-order valence-electron chi connectivity index (χ3n) is 5.61. The summed E-state index contributed by atoms with van der Waals surface area (Å²) in [4.78, 5) is 32.2. The number of hydrogen-bond acceptors (Lipinski definition) is 4. The number of carbonyl (C=O) groups excluding carboxylic acids is 2. The van der Waals surface area contributed by atoms with E-state index in [-0.39, 0.29) is 23.3 Å². The van der Waals surface area contributed by atoms with Gasteiger partial charge < -0.3 is 0 Å². The predicted molar refractivity (Wildman–Crippen MR) is 90.7 cm³/mol. The molecule has 0 aliphatic carbocycles. The van der Waals surface area contributed by atoms with E-state index < -0.39 is 6.10 Å². The fraction of sp³-hybridized carbons (Fsp3) is 0.556. The van der Waals surface area contributed by atoms with Gasteiger partial charge in [0.1, 0.15) is 0 Å². The Hall–Kier alpha value is -1.20. The summed E-state index contributed by atoms with van der Waals surface area (Å²) in [6, 6.07) is 10.8. The van der Waals surface area contributed by atoms with E-state index in [9.17, 15) is 9.59 Å². The summed E-state index contributed by atoms with van der Waals surface area (Å²) in [6.07, 6.45) is 2.45. The number of likely N-dealkylation sites (tertiary alicyclic amines) is 1. The Balaban J connectivity index is 1.54. The molecule has 3 heterocycles. The molecule has 3 aliphatic heterocycles. The molecule has 3 fully saturated rings. The van der Waals surface area contributed by atoms with Gasteiger partial charge in [-0.2, -0.15) is 0 Å². The van der Waals surface area contributed by atoms with Gasteiger partial charge in [-0.3, -0.25) is 0 Å². The molecule has 1 aromatic rings. The molecule has 5 nitrogen and oxygen atoms in total. The number of hydrogen-bond donors (Lipinski definition) is 0. The zero-order chi connectivity index (χ0) is 16.9. The second-order valence-electron chi connectivity index (χ2n) is 7.09. The molecule has 4 rings (SSSR count). The molecule has 0 radical (unpaired) electrons. The monoisotopic (exact) mass is 394 g/mol. The number of benzene rings is 1. The van der Waals surface area contributed by atoms with Crippen molar-refractivity contribution in [2.75, 3.05) is 7.05 Å². The molecule has 24 heavy (non-hydrogen) atoms. The average Bonchev–Trinajstić information content (AvgIpc) is 3.02. The maximum absolute atomic E-state index is 12.5. The standard InChI is InChI=1S/C18H22N2O3Se/c1-18-10-6-7-12(11-24-13-8-4-3-5-9-13)20(18)23-15-14(18)16(21)19(2)17(15)22/h3-5,8-9,12,14-15H,6-7,10-11H2,1-2H3/t12-,14-,15+,18-/m1/s1. The van der Waals surface area contributed by atoms with Gasteiger partial charge in [0.05, 0.1) is 0 Å². The van der Waals surface area contributed by atoms with Crippen molar-refractivity contribution in [2.45, 2.75) is 49.2 Å². The fourth-order valence-corrected chi connectivity index (χ4v) is 6.47. The summed E-state index contributed by atoms with van der Waals surface area (Å²) in [5.74, 6) is -0.612. The number of hydroxylamine groups is 2. The Morgan fingerprint density at radius 2 is 2.00 bits per heavy atom. The van der Waals surface area contributed by atoms with Crippen molar-refractivity contribution < 1.29 is 14.4 Å². The molecule has 0 saturated carbocycles. The van der Waals surface area contributed by atoms with Crippen LogP contribution in [0.1, 0.15) is 26.2 Å². The van der Waals surface area contributed by atoms with E-state index in [1.807, 2.05) is 11.1 Å². The molecule has 0 aromatic heterocycles. The molecule has 3 saturated heterocycles. The summed E-state index contributed by atoms with van der Waals surface area (Å²) in [5.41, 5.74) is -0.349. The van der Waals surface area contributed by atoms with E-state index >= 15 is 0 Å². The molecule has 0 spiro atoms. The molecule has 0 unspecified atom stereocenters. The maximum atomic E-state index is 12.5. The van der Waals surface area contributed by atoms with Crippen LogP contribution in [0, 0.1) is 5.92 Å². The van der Waals surface area contributed by atoms with E-state index in [1.165, 1.54) is 9.36 Å². The van der Waals surface area contributed by atoms with Crippen LogP contribution in [0.4, 0.5) is 0 Å². The number of piperidine rings is 1. The fourth-order valence-electron chi connectivity index (χ4n) is 4.30. The van der Waals surface area contributed by atoms with Crippen LogP contribution >= 0.6 is 0 Å². The van der Waals surface area contributed by atoms with E-state index in [1.54, 1.807) is 7.05 Å². The van der Waals surface area contributed by atoms with Gasteiger partial charge in [0.2, 0.25) is 0 Å². The summed E-state index contributed by atoms with van der Waals surface area (Å²) < 4.78 is 1.38. The number of amides is 2. The summed E-state index contributed by atoms with van der Waals surface area (Å²) >= 11 is 0.371. The van der Waals surface area contributed by atoms with Gasteiger partial charge in [0.25, 0.3) is 0 Å². The SMILES string of the molecule is CN1C(=O)[C@H]2ON3[C@@H](C[Se]c4ccccc4)CCC[C@]3(C)[C@H]2C1=O. The van der Waals surface area contributed by atoms with Crippen LogP contribution in [-0.2, 0) is 14.4 Å². The molecule has 3 aliphatic rings. The Bertz CT molecular complexity index is 667. The Labute approximate surface area is 148 Å².